The summed E-state index contributed by atoms with van der Waals surface area (Å²) < 4.78 is 0.785. The Kier molecular flexibility index (Phi) is 1.21. The minimum absolute atomic E-state index is 0.666. The highest BCUT2D eigenvalue weighted by molar-refractivity contribution is 7.02. The van der Waals surface area contributed by atoms with E-state index in [1.165, 1.54) is 9.52 Å². The molecule has 2 heteroatoms. The largest absolute Gasteiger partial charge is 0.0694 e. The lowest BCUT2D eigenvalue weighted by atomic mass is 10.5. The molecule has 1 saturated heterocycles. The molecule has 1 aliphatic heterocycles. The highest BCUT2D eigenvalue weighted by Gasteiger charge is 2.47. The van der Waals surface area contributed by atoms with Crippen molar-refractivity contribution in [3.05, 3.63) is 0 Å². The summed E-state index contributed by atoms with van der Waals surface area (Å²) in [5.74, 6) is 0. The van der Waals surface area contributed by atoms with Gasteiger partial charge in [0.05, 0.1) is 0 Å². The lowest BCUT2D eigenvalue weighted by Gasteiger charge is -2.50. The average Bonchev–Trinajstić information content (AvgIpc) is 1.64. The molecule has 1 fully saturated rings. The van der Waals surface area contributed by atoms with E-state index in [0.717, 1.165) is 4.66 Å². The van der Waals surface area contributed by atoms with E-state index in [1.807, 2.05) is 0 Å². The minimum atomic E-state index is -0.666. The molecule has 0 saturated carbocycles. The van der Waals surface area contributed by atoms with Crippen molar-refractivity contribution in [1.29, 1.82) is 0 Å². The number of hydrogen-bond acceptors (Lipinski definition) is 0. The molecule has 0 amide bonds. The van der Waals surface area contributed by atoms with E-state index in [-0.39, 0.29) is 0 Å². The van der Waals surface area contributed by atoms with E-state index in [2.05, 4.69) is 26.9 Å². The van der Waals surface area contributed by atoms with E-state index in [0.29, 0.717) is 0 Å². The molecule has 1 rings (SSSR count). The van der Waals surface area contributed by atoms with E-state index in [4.69, 9.17) is 0 Å². The molecule has 0 aromatic heterocycles. The molecule has 1 aliphatic rings. The summed E-state index contributed by atoms with van der Waals surface area (Å²) in [4.78, 5) is 0. The van der Waals surface area contributed by atoms with Gasteiger partial charge in [0.25, 0.3) is 0 Å². The standard InChI is InChI=1S/C6H14Si2/c1-6(2)7-5-8(6,3)4/h5H2,1-4H3. The monoisotopic (exact) mass is 142 g/mol. The zero-order chi connectivity index (χ0) is 6.41. The van der Waals surface area contributed by atoms with Crippen LogP contribution in [0.2, 0.25) is 23.4 Å². The molecule has 0 nitrogen and oxygen atoms in total. The fourth-order valence-electron chi connectivity index (χ4n) is 0.795. The molecule has 0 unspecified atom stereocenters. The molecule has 2 radical (unpaired) electrons. The summed E-state index contributed by atoms with van der Waals surface area (Å²) in [6.07, 6.45) is 0. The maximum absolute atomic E-state index is 2.50. The summed E-state index contributed by atoms with van der Waals surface area (Å²) in [7, 11) is 0.595. The van der Waals surface area contributed by atoms with Crippen molar-refractivity contribution < 1.29 is 0 Å². The van der Waals surface area contributed by atoms with Crippen molar-refractivity contribution in [2.75, 3.05) is 0 Å². The first-order valence-corrected chi connectivity index (χ1v) is 7.62. The molecule has 0 aromatic rings. The van der Waals surface area contributed by atoms with Crippen molar-refractivity contribution in [2.24, 2.45) is 0 Å². The smallest absolute Gasteiger partial charge is 0.0469 e. The summed E-state index contributed by atoms with van der Waals surface area (Å²) in [5, 5.41) is 0. The fraction of sp³-hybridized carbons (Fsp3) is 1.00. The topological polar surface area (TPSA) is 0 Å². The Morgan fingerprint density at radius 2 is 1.75 bits per heavy atom. The summed E-state index contributed by atoms with van der Waals surface area (Å²) in [5.41, 5.74) is 1.58. The molecule has 0 bridgehead atoms. The van der Waals surface area contributed by atoms with Gasteiger partial charge < -0.3 is 0 Å². The second-order valence-corrected chi connectivity index (χ2v) is 12.4. The normalized spacial score (nSPS) is 31.5. The van der Waals surface area contributed by atoms with Crippen molar-refractivity contribution in [2.45, 2.75) is 37.3 Å². The van der Waals surface area contributed by atoms with E-state index in [9.17, 15) is 0 Å². The van der Waals surface area contributed by atoms with E-state index in [1.54, 1.807) is 5.67 Å². The molecule has 0 spiro atoms. The fourth-order valence-corrected chi connectivity index (χ4v) is 7.16. The summed E-state index contributed by atoms with van der Waals surface area (Å²) in [6, 6.07) is 0. The zero-order valence-corrected chi connectivity index (χ0v) is 8.21. The van der Waals surface area contributed by atoms with Gasteiger partial charge in [0, 0.05) is 17.6 Å². The Labute approximate surface area is 55.5 Å². The second kappa shape index (κ2) is 1.48. The van der Waals surface area contributed by atoms with Gasteiger partial charge in [-0.05, 0) is 4.66 Å². The number of hydrogen-bond donors (Lipinski definition) is 0. The molecular formula is C6H14Si2. The van der Waals surface area contributed by atoms with Gasteiger partial charge in [-0.15, -0.1) is 0 Å². The molecule has 0 atom stereocenters. The predicted octanol–water partition coefficient (Wildman–Crippen LogP) is 2.11. The highest BCUT2D eigenvalue weighted by Crippen LogP contribution is 2.47. The van der Waals surface area contributed by atoms with Crippen LogP contribution in [0.25, 0.3) is 0 Å². The summed E-state index contributed by atoms with van der Waals surface area (Å²) in [6.45, 7) is 9.87. The second-order valence-electron chi connectivity index (χ2n) is 3.86. The third-order valence-corrected chi connectivity index (χ3v) is 13.7. The van der Waals surface area contributed by atoms with Crippen LogP contribution in [-0.2, 0) is 0 Å². The summed E-state index contributed by atoms with van der Waals surface area (Å²) >= 11 is 0. The third-order valence-electron chi connectivity index (χ3n) is 2.66. The molecule has 8 heavy (non-hydrogen) atoms. The lowest BCUT2D eigenvalue weighted by molar-refractivity contribution is 0.856. The van der Waals surface area contributed by atoms with Crippen LogP contribution >= 0.6 is 0 Å². The maximum Gasteiger partial charge on any atom is 0.0469 e. The van der Waals surface area contributed by atoms with Crippen LogP contribution in [0, 0.1) is 0 Å². The van der Waals surface area contributed by atoms with Crippen LogP contribution in [0.1, 0.15) is 13.8 Å². The van der Waals surface area contributed by atoms with Gasteiger partial charge in [0.2, 0.25) is 0 Å². The van der Waals surface area contributed by atoms with Gasteiger partial charge in [-0.3, -0.25) is 0 Å². The highest BCUT2D eigenvalue weighted by atomic mass is 28.4. The van der Waals surface area contributed by atoms with Gasteiger partial charge in [-0.1, -0.05) is 32.6 Å². The molecule has 1 heterocycles. The minimum Gasteiger partial charge on any atom is -0.0694 e. The lowest BCUT2D eigenvalue weighted by Crippen LogP contribution is -2.54. The molecule has 0 aromatic carbocycles. The van der Waals surface area contributed by atoms with Crippen LogP contribution in [0.5, 0.6) is 0 Å². The van der Waals surface area contributed by atoms with Crippen LogP contribution in [0.3, 0.4) is 0 Å². The van der Waals surface area contributed by atoms with Crippen LogP contribution in [0.4, 0.5) is 0 Å². The number of rotatable bonds is 0. The molecule has 0 aliphatic carbocycles. The average molecular weight is 142 g/mol. The SMILES string of the molecule is CC1(C)[Si]C[Si]1(C)C. The van der Waals surface area contributed by atoms with E-state index < -0.39 is 8.07 Å². The van der Waals surface area contributed by atoms with Crippen LogP contribution < -0.4 is 0 Å². The third kappa shape index (κ3) is 0.703. The van der Waals surface area contributed by atoms with Gasteiger partial charge in [-0.2, -0.15) is 0 Å². The van der Waals surface area contributed by atoms with Gasteiger partial charge in [-0.25, -0.2) is 0 Å². The Balaban J connectivity index is 2.63. The quantitative estimate of drug-likeness (QED) is 0.454. The Hall–Kier alpha value is 0.434. The first-order valence-electron chi connectivity index (χ1n) is 3.21. The first-order chi connectivity index (χ1) is 3.46. The zero-order valence-electron chi connectivity index (χ0n) is 6.21. The maximum atomic E-state index is 2.50. The predicted molar refractivity (Wildman–Crippen MR) is 42.1 cm³/mol. The molecule has 46 valence electrons. The van der Waals surface area contributed by atoms with Crippen LogP contribution in [0.15, 0.2) is 0 Å². The van der Waals surface area contributed by atoms with E-state index >= 15 is 0 Å². The van der Waals surface area contributed by atoms with Crippen molar-refractivity contribution in [1.82, 2.24) is 0 Å². The molecular weight excluding hydrogens is 128 g/mol. The van der Waals surface area contributed by atoms with Gasteiger partial charge >= 0.3 is 0 Å². The van der Waals surface area contributed by atoms with Crippen LogP contribution in [-0.4, -0.2) is 17.6 Å². The molecule has 0 N–H and O–H groups in total. The van der Waals surface area contributed by atoms with Crippen molar-refractivity contribution in [3.63, 3.8) is 0 Å². The Morgan fingerprint density at radius 1 is 1.38 bits per heavy atom. The first kappa shape index (κ1) is 6.55. The van der Waals surface area contributed by atoms with Crippen molar-refractivity contribution in [3.8, 4) is 0 Å². The van der Waals surface area contributed by atoms with Gasteiger partial charge in [0.1, 0.15) is 0 Å². The Bertz CT molecular complexity index is 91.1. The van der Waals surface area contributed by atoms with Crippen molar-refractivity contribution >= 4 is 17.6 Å². The Morgan fingerprint density at radius 3 is 1.75 bits per heavy atom. The van der Waals surface area contributed by atoms with Gasteiger partial charge in [0.15, 0.2) is 0 Å².